The summed E-state index contributed by atoms with van der Waals surface area (Å²) in [6, 6.07) is 0.837. The van der Waals surface area contributed by atoms with Crippen LogP contribution in [-0.4, -0.2) is 37.1 Å². The Morgan fingerprint density at radius 3 is 2.20 bits per heavy atom. The summed E-state index contributed by atoms with van der Waals surface area (Å²) in [6.45, 7) is 2.06. The second-order valence-electron chi connectivity index (χ2n) is 2.84. The molecule has 0 rings (SSSR count). The van der Waals surface area contributed by atoms with Crippen LogP contribution in [0, 0.1) is 0 Å². The van der Waals surface area contributed by atoms with Gasteiger partial charge in [0.2, 0.25) is 0 Å². The van der Waals surface area contributed by atoms with Crippen LogP contribution in [0.4, 0.5) is 0 Å². The average Bonchev–Trinajstić information content (AvgIpc) is 2.29. The van der Waals surface area contributed by atoms with Crippen LogP contribution in [-0.2, 0) is 18.6 Å². The smallest absolute Gasteiger partial charge is 0.310 e. The van der Waals surface area contributed by atoms with Gasteiger partial charge in [-0.2, -0.15) is 0 Å². The Morgan fingerprint density at radius 2 is 1.73 bits per heavy atom. The molecule has 15 heavy (non-hydrogen) atoms. The van der Waals surface area contributed by atoms with E-state index in [0.29, 0.717) is 16.2 Å². The third-order valence-corrected chi connectivity index (χ3v) is 2.71. The predicted molar refractivity (Wildman–Crippen MR) is 59.5 cm³/mol. The highest BCUT2D eigenvalue weighted by molar-refractivity contribution is 6.27. The van der Waals surface area contributed by atoms with Gasteiger partial charge in [0.15, 0.2) is 0 Å². The molecule has 0 aromatic carbocycles. The molecule has 0 saturated heterocycles. The Hall–Kier alpha value is -0.363. The van der Waals surface area contributed by atoms with Gasteiger partial charge in [-0.1, -0.05) is 13.0 Å². The topological polar surface area (TPSA) is 36.9 Å². The summed E-state index contributed by atoms with van der Waals surface area (Å²) in [5.74, 6) is -0.926. The van der Waals surface area contributed by atoms with Gasteiger partial charge in [0.25, 0.3) is 5.97 Å². The zero-order valence-electron chi connectivity index (χ0n) is 9.91. The van der Waals surface area contributed by atoms with Gasteiger partial charge in [-0.3, -0.25) is 0 Å². The maximum absolute atomic E-state index is 5.28. The Labute approximate surface area is 94.5 Å². The number of hydrogen-bond acceptors (Lipinski definition) is 4. The summed E-state index contributed by atoms with van der Waals surface area (Å²) < 4.78 is 20.7. The van der Waals surface area contributed by atoms with E-state index in [-0.39, 0.29) is 0 Å². The molecule has 0 bridgehead atoms. The molecule has 4 nitrogen and oxygen atoms in total. The van der Waals surface area contributed by atoms with E-state index in [1.165, 1.54) is 0 Å². The number of ether oxygens (including phenoxy) is 3. The fraction of sp³-hybridized carbons (Fsp3) is 0.800. The summed E-state index contributed by atoms with van der Waals surface area (Å²) in [4.78, 5) is 0. The van der Waals surface area contributed by atoms with Crippen LogP contribution in [0.5, 0.6) is 0 Å². The van der Waals surface area contributed by atoms with Crippen molar-refractivity contribution in [2.45, 2.75) is 31.8 Å². The minimum absolute atomic E-state index is 0.398. The first-order chi connectivity index (χ1) is 7.24. The lowest BCUT2D eigenvalue weighted by Gasteiger charge is -2.28. The number of hydrogen-bond donors (Lipinski definition) is 0. The van der Waals surface area contributed by atoms with Gasteiger partial charge < -0.3 is 18.6 Å². The molecule has 2 radical (unpaired) electrons. The Bertz CT molecular complexity index is 161. The highest BCUT2D eigenvalue weighted by atomic mass is 28.2. The van der Waals surface area contributed by atoms with Crippen molar-refractivity contribution in [3.8, 4) is 0 Å². The standard InChI is InChI=1S/C10H20O4Si/c1-5-6-8-14-15-9-7-10(11-2,12-3)13-4/h6,8H,5,7,9H2,1-4H3. The molecule has 0 saturated carbocycles. The molecule has 88 valence electrons. The molecule has 5 heteroatoms. The van der Waals surface area contributed by atoms with Crippen LogP contribution in [0.15, 0.2) is 12.3 Å². The van der Waals surface area contributed by atoms with Crippen molar-refractivity contribution in [1.82, 2.24) is 0 Å². The minimum Gasteiger partial charge on any atom is -0.547 e. The van der Waals surface area contributed by atoms with Gasteiger partial charge in [-0.25, -0.2) is 0 Å². The van der Waals surface area contributed by atoms with E-state index in [4.69, 9.17) is 18.6 Å². The number of methoxy groups -OCH3 is 3. The normalized spacial score (nSPS) is 12.3. The highest BCUT2D eigenvalue weighted by Crippen LogP contribution is 2.18. The largest absolute Gasteiger partial charge is 0.547 e. The first-order valence-corrected chi connectivity index (χ1v) is 6.05. The lowest BCUT2D eigenvalue weighted by Crippen LogP contribution is -2.36. The van der Waals surface area contributed by atoms with Crippen LogP contribution >= 0.6 is 0 Å². The van der Waals surface area contributed by atoms with Gasteiger partial charge in [0, 0.05) is 27.8 Å². The van der Waals surface area contributed by atoms with Crippen LogP contribution in [0.1, 0.15) is 19.8 Å². The van der Waals surface area contributed by atoms with Crippen molar-refractivity contribution >= 4 is 9.76 Å². The molecule has 0 unspecified atom stereocenters. The zero-order chi connectivity index (χ0) is 11.6. The van der Waals surface area contributed by atoms with E-state index in [9.17, 15) is 0 Å². The molecular weight excluding hydrogens is 212 g/mol. The molecule has 0 aliphatic heterocycles. The molecule has 0 atom stereocenters. The highest BCUT2D eigenvalue weighted by Gasteiger charge is 2.28. The Kier molecular flexibility index (Phi) is 8.69. The van der Waals surface area contributed by atoms with Crippen molar-refractivity contribution in [2.75, 3.05) is 21.3 Å². The van der Waals surface area contributed by atoms with E-state index < -0.39 is 5.97 Å². The van der Waals surface area contributed by atoms with Crippen LogP contribution in [0.25, 0.3) is 0 Å². The lowest BCUT2D eigenvalue weighted by atomic mass is 10.4. The SMILES string of the molecule is CCC=CO[Si]CCC(OC)(OC)OC. The lowest BCUT2D eigenvalue weighted by molar-refractivity contribution is -0.352. The van der Waals surface area contributed by atoms with Gasteiger partial charge in [-0.05, 0) is 12.5 Å². The van der Waals surface area contributed by atoms with Crippen molar-refractivity contribution in [3.05, 3.63) is 12.3 Å². The third-order valence-electron chi connectivity index (χ3n) is 1.95. The first kappa shape index (κ1) is 14.6. The van der Waals surface area contributed by atoms with Crippen molar-refractivity contribution < 1.29 is 18.6 Å². The van der Waals surface area contributed by atoms with E-state index in [0.717, 1.165) is 12.5 Å². The van der Waals surface area contributed by atoms with Crippen LogP contribution < -0.4 is 0 Å². The summed E-state index contributed by atoms with van der Waals surface area (Å²) in [5, 5.41) is 0. The van der Waals surface area contributed by atoms with E-state index in [1.807, 2.05) is 6.08 Å². The average molecular weight is 232 g/mol. The maximum atomic E-state index is 5.28. The van der Waals surface area contributed by atoms with Gasteiger partial charge in [0.1, 0.15) is 0 Å². The van der Waals surface area contributed by atoms with Crippen molar-refractivity contribution in [3.63, 3.8) is 0 Å². The fourth-order valence-electron chi connectivity index (χ4n) is 1.01. The zero-order valence-corrected chi connectivity index (χ0v) is 10.9. The number of allylic oxidation sites excluding steroid dienone is 1. The van der Waals surface area contributed by atoms with E-state index in [2.05, 4.69) is 6.92 Å². The molecular formula is C10H20O4Si. The molecule has 0 aliphatic carbocycles. The molecule has 0 aliphatic rings. The quantitative estimate of drug-likeness (QED) is 0.263. The monoisotopic (exact) mass is 232 g/mol. The van der Waals surface area contributed by atoms with E-state index in [1.54, 1.807) is 27.6 Å². The second kappa shape index (κ2) is 8.91. The van der Waals surface area contributed by atoms with Crippen molar-refractivity contribution in [1.29, 1.82) is 0 Å². The molecule has 0 amide bonds. The fourth-order valence-corrected chi connectivity index (χ4v) is 1.73. The maximum Gasteiger partial charge on any atom is 0.310 e. The molecule has 0 heterocycles. The molecule has 0 aromatic rings. The molecule has 0 aromatic heterocycles. The third kappa shape index (κ3) is 5.94. The van der Waals surface area contributed by atoms with Crippen LogP contribution in [0.3, 0.4) is 0 Å². The molecule has 0 fully saturated rings. The minimum atomic E-state index is -0.926. The molecule has 0 N–H and O–H groups in total. The van der Waals surface area contributed by atoms with Gasteiger partial charge in [-0.15, -0.1) is 0 Å². The second-order valence-corrected chi connectivity index (χ2v) is 3.86. The van der Waals surface area contributed by atoms with Gasteiger partial charge in [0.05, 0.1) is 6.26 Å². The summed E-state index contributed by atoms with van der Waals surface area (Å²) >= 11 is 0. The van der Waals surface area contributed by atoms with Crippen molar-refractivity contribution in [2.24, 2.45) is 0 Å². The summed E-state index contributed by atoms with van der Waals surface area (Å²) in [5.41, 5.74) is 0. The van der Waals surface area contributed by atoms with Gasteiger partial charge >= 0.3 is 9.76 Å². The van der Waals surface area contributed by atoms with Crippen LogP contribution in [0.2, 0.25) is 6.04 Å². The first-order valence-electron chi connectivity index (χ1n) is 4.93. The Morgan fingerprint density at radius 1 is 1.13 bits per heavy atom. The predicted octanol–water partition coefficient (Wildman–Crippen LogP) is 1.95. The molecule has 0 spiro atoms. The Balaban J connectivity index is 3.67. The summed E-state index contributed by atoms with van der Waals surface area (Å²) in [6.07, 6.45) is 5.34. The van der Waals surface area contributed by atoms with E-state index >= 15 is 0 Å². The number of rotatable bonds is 9. The summed E-state index contributed by atoms with van der Waals surface area (Å²) in [7, 11) is 5.09.